The van der Waals surface area contributed by atoms with Crippen LogP contribution in [0.5, 0.6) is 0 Å². The summed E-state index contributed by atoms with van der Waals surface area (Å²) in [6.07, 6.45) is 3.90. The van der Waals surface area contributed by atoms with Crippen molar-refractivity contribution < 1.29 is 0 Å². The van der Waals surface area contributed by atoms with Gasteiger partial charge in [0.05, 0.1) is 0 Å². The van der Waals surface area contributed by atoms with Crippen molar-refractivity contribution in [1.82, 2.24) is 0 Å². The molecule has 0 heterocycles. The third-order valence-electron chi connectivity index (χ3n) is 1.10. The Morgan fingerprint density at radius 2 is 2.22 bits per heavy atom. The Bertz CT molecular complexity index is 90.7. The van der Waals surface area contributed by atoms with Gasteiger partial charge in [-0.25, -0.2) is 0 Å². The van der Waals surface area contributed by atoms with E-state index < -0.39 is 0 Å². The molecule has 0 N–H and O–H groups in total. The largest absolute Gasteiger partial charge is 0.123 e. The van der Waals surface area contributed by atoms with E-state index in [9.17, 15) is 0 Å². The molecule has 1 atom stereocenters. The smallest absolute Gasteiger partial charge is 0.0370 e. The van der Waals surface area contributed by atoms with Gasteiger partial charge in [-0.2, -0.15) is 0 Å². The maximum atomic E-state index is 5.80. The lowest BCUT2D eigenvalue weighted by Gasteiger charge is -2.00. The molecule has 0 aliphatic heterocycles. The molecule has 0 spiro atoms. The summed E-state index contributed by atoms with van der Waals surface area (Å²) in [6.45, 7) is 7.85. The van der Waals surface area contributed by atoms with Crippen molar-refractivity contribution in [2.75, 3.05) is 0 Å². The van der Waals surface area contributed by atoms with Gasteiger partial charge in [-0.1, -0.05) is 18.6 Å². The van der Waals surface area contributed by atoms with E-state index >= 15 is 0 Å². The van der Waals surface area contributed by atoms with Crippen LogP contribution in [-0.2, 0) is 0 Å². The molecular formula is C8H14Cl. The lowest BCUT2D eigenvalue weighted by Crippen LogP contribution is -1.92. The van der Waals surface area contributed by atoms with Crippen molar-refractivity contribution in [3.63, 3.8) is 0 Å². The van der Waals surface area contributed by atoms with E-state index in [-0.39, 0.29) is 5.38 Å². The fourth-order valence-corrected chi connectivity index (χ4v) is 0.571. The fourth-order valence-electron chi connectivity index (χ4n) is 0.481. The van der Waals surface area contributed by atoms with Crippen molar-refractivity contribution in [3.05, 3.63) is 18.6 Å². The highest BCUT2D eigenvalue weighted by atomic mass is 35.5. The van der Waals surface area contributed by atoms with Crippen LogP contribution in [-0.4, -0.2) is 5.38 Å². The molecule has 0 saturated carbocycles. The number of halogens is 1. The topological polar surface area (TPSA) is 0 Å². The average Bonchev–Trinajstić information content (AvgIpc) is 1.83. The molecule has 0 amide bonds. The Kier molecular flexibility index (Phi) is 4.88. The standard InChI is InChI=1S/C8H14Cl/c1-4-8(9)6-5-7(2)3/h5,8H,1,4,6H2,2-3H3. The number of rotatable bonds is 3. The maximum Gasteiger partial charge on any atom is 0.0370 e. The van der Waals surface area contributed by atoms with Gasteiger partial charge in [-0.3, -0.25) is 0 Å². The van der Waals surface area contributed by atoms with Crippen molar-refractivity contribution in [3.8, 4) is 0 Å². The molecular weight excluding hydrogens is 132 g/mol. The van der Waals surface area contributed by atoms with Crippen LogP contribution in [0.4, 0.5) is 0 Å². The van der Waals surface area contributed by atoms with E-state index in [0.29, 0.717) is 0 Å². The number of hydrogen-bond donors (Lipinski definition) is 0. The molecule has 1 heteroatoms. The summed E-state index contributed by atoms with van der Waals surface area (Å²) in [7, 11) is 0. The van der Waals surface area contributed by atoms with E-state index in [4.69, 9.17) is 11.6 Å². The van der Waals surface area contributed by atoms with E-state index in [1.54, 1.807) is 0 Å². The summed E-state index contributed by atoms with van der Waals surface area (Å²) in [6, 6.07) is 0. The normalized spacial score (nSPS) is 12.9. The molecule has 53 valence electrons. The quantitative estimate of drug-likeness (QED) is 0.423. The molecule has 0 rings (SSSR count). The summed E-state index contributed by atoms with van der Waals surface area (Å²) in [4.78, 5) is 0. The first-order chi connectivity index (χ1) is 4.16. The van der Waals surface area contributed by atoms with E-state index in [1.807, 2.05) is 0 Å². The summed E-state index contributed by atoms with van der Waals surface area (Å²) < 4.78 is 0. The molecule has 0 aromatic rings. The van der Waals surface area contributed by atoms with Crippen molar-refractivity contribution in [1.29, 1.82) is 0 Å². The Morgan fingerprint density at radius 1 is 1.67 bits per heavy atom. The summed E-state index contributed by atoms with van der Waals surface area (Å²) in [5.41, 5.74) is 1.33. The van der Waals surface area contributed by atoms with Crippen LogP contribution < -0.4 is 0 Å². The van der Waals surface area contributed by atoms with Crippen LogP contribution in [0.3, 0.4) is 0 Å². The van der Waals surface area contributed by atoms with Gasteiger partial charge in [0.15, 0.2) is 0 Å². The van der Waals surface area contributed by atoms with Gasteiger partial charge >= 0.3 is 0 Å². The van der Waals surface area contributed by atoms with Crippen LogP contribution in [0, 0.1) is 6.92 Å². The van der Waals surface area contributed by atoms with Crippen molar-refractivity contribution >= 4 is 11.6 Å². The third kappa shape index (κ3) is 5.91. The Labute approximate surface area is 62.9 Å². The second-order valence-corrected chi connectivity index (χ2v) is 3.02. The summed E-state index contributed by atoms with van der Waals surface area (Å²) >= 11 is 5.80. The van der Waals surface area contributed by atoms with Gasteiger partial charge in [0.1, 0.15) is 0 Å². The number of hydrogen-bond acceptors (Lipinski definition) is 0. The zero-order valence-electron chi connectivity index (χ0n) is 6.15. The average molecular weight is 146 g/mol. The number of alkyl halides is 1. The zero-order valence-corrected chi connectivity index (χ0v) is 6.91. The molecule has 0 nitrogen and oxygen atoms in total. The minimum atomic E-state index is 0.222. The molecule has 0 aromatic carbocycles. The van der Waals surface area contributed by atoms with Gasteiger partial charge in [-0.05, 0) is 26.7 Å². The molecule has 1 radical (unpaired) electrons. The van der Waals surface area contributed by atoms with Crippen LogP contribution in [0.2, 0.25) is 0 Å². The number of allylic oxidation sites excluding steroid dienone is 2. The lowest BCUT2D eigenvalue weighted by atomic mass is 10.2. The third-order valence-corrected chi connectivity index (χ3v) is 1.49. The minimum Gasteiger partial charge on any atom is -0.123 e. The zero-order chi connectivity index (χ0) is 7.28. The highest BCUT2D eigenvalue weighted by Crippen LogP contribution is 2.07. The molecule has 9 heavy (non-hydrogen) atoms. The minimum absolute atomic E-state index is 0.222. The molecule has 0 aromatic heterocycles. The predicted molar refractivity (Wildman–Crippen MR) is 43.7 cm³/mol. The monoisotopic (exact) mass is 145 g/mol. The maximum absolute atomic E-state index is 5.80. The van der Waals surface area contributed by atoms with Gasteiger partial charge in [-0.15, -0.1) is 11.6 Å². The van der Waals surface area contributed by atoms with Crippen molar-refractivity contribution in [2.24, 2.45) is 0 Å². The highest BCUT2D eigenvalue weighted by molar-refractivity contribution is 6.20. The van der Waals surface area contributed by atoms with Crippen LogP contribution in [0.25, 0.3) is 0 Å². The van der Waals surface area contributed by atoms with Crippen LogP contribution >= 0.6 is 11.6 Å². The second kappa shape index (κ2) is 4.87. The molecule has 0 aliphatic rings. The lowest BCUT2D eigenvalue weighted by molar-refractivity contribution is 0.871. The van der Waals surface area contributed by atoms with Gasteiger partial charge < -0.3 is 0 Å². The highest BCUT2D eigenvalue weighted by Gasteiger charge is 1.95. The first-order valence-corrected chi connectivity index (χ1v) is 3.67. The van der Waals surface area contributed by atoms with E-state index in [0.717, 1.165) is 12.8 Å². The first kappa shape index (κ1) is 9.03. The molecule has 0 saturated heterocycles. The molecule has 0 aliphatic carbocycles. The molecule has 0 fully saturated rings. The fraction of sp³-hybridized carbons (Fsp3) is 0.625. The summed E-state index contributed by atoms with van der Waals surface area (Å²) in [5.74, 6) is 0. The Balaban J connectivity index is 3.37. The van der Waals surface area contributed by atoms with Gasteiger partial charge in [0.25, 0.3) is 0 Å². The summed E-state index contributed by atoms with van der Waals surface area (Å²) in [5, 5.41) is 0.222. The van der Waals surface area contributed by atoms with E-state index in [1.165, 1.54) is 5.57 Å². The Hall–Kier alpha value is 0.0300. The van der Waals surface area contributed by atoms with Crippen molar-refractivity contribution in [2.45, 2.75) is 32.1 Å². The second-order valence-electron chi connectivity index (χ2n) is 2.40. The van der Waals surface area contributed by atoms with E-state index in [2.05, 4.69) is 26.8 Å². The van der Waals surface area contributed by atoms with Crippen LogP contribution in [0.15, 0.2) is 11.6 Å². The van der Waals surface area contributed by atoms with Gasteiger partial charge in [0.2, 0.25) is 0 Å². The van der Waals surface area contributed by atoms with Gasteiger partial charge in [0, 0.05) is 5.38 Å². The molecule has 1 unspecified atom stereocenters. The first-order valence-electron chi connectivity index (χ1n) is 3.23. The SMILES string of the molecule is [CH2]CC(Cl)CC=C(C)C. The van der Waals surface area contributed by atoms with Crippen LogP contribution in [0.1, 0.15) is 26.7 Å². The Morgan fingerprint density at radius 3 is 2.56 bits per heavy atom. The predicted octanol–water partition coefficient (Wildman–Crippen LogP) is 3.17. The molecule has 0 bridgehead atoms.